The second kappa shape index (κ2) is 7.95. The number of rotatable bonds is 6. The van der Waals surface area contributed by atoms with Gasteiger partial charge in [-0.05, 0) is 38.1 Å². The number of aromatic nitrogens is 2. The van der Waals surface area contributed by atoms with E-state index in [1.165, 1.54) is 10.9 Å². The minimum absolute atomic E-state index is 0.0981. The Labute approximate surface area is 168 Å². The maximum atomic E-state index is 12.5. The Balaban J connectivity index is 1.48. The Hall–Kier alpha value is -3.35. The summed E-state index contributed by atoms with van der Waals surface area (Å²) in [6.07, 6.45) is 2.39. The van der Waals surface area contributed by atoms with Crippen LogP contribution in [0.5, 0.6) is 11.5 Å². The highest BCUT2D eigenvalue weighted by atomic mass is 16.5. The van der Waals surface area contributed by atoms with Gasteiger partial charge >= 0.3 is 0 Å². The molecular weight excluding hydrogens is 370 g/mol. The van der Waals surface area contributed by atoms with Crippen molar-refractivity contribution in [1.82, 2.24) is 14.9 Å². The molecule has 7 nitrogen and oxygen atoms in total. The lowest BCUT2D eigenvalue weighted by Crippen LogP contribution is -2.32. The summed E-state index contributed by atoms with van der Waals surface area (Å²) in [5.74, 6) is 1.30. The Morgan fingerprint density at radius 1 is 1.34 bits per heavy atom. The topological polar surface area (TPSA) is 82.5 Å². The van der Waals surface area contributed by atoms with Crippen molar-refractivity contribution in [2.45, 2.75) is 39.5 Å². The molecule has 3 aromatic rings. The summed E-state index contributed by atoms with van der Waals surface area (Å²) < 4.78 is 12.9. The molecule has 7 heteroatoms. The zero-order valence-electron chi connectivity index (χ0n) is 16.5. The molecule has 1 aliphatic heterocycles. The van der Waals surface area contributed by atoms with Crippen molar-refractivity contribution in [1.29, 1.82) is 0 Å². The monoisotopic (exact) mass is 393 g/mol. The molecule has 1 N–H and O–H groups in total. The quantitative estimate of drug-likeness (QED) is 0.696. The van der Waals surface area contributed by atoms with Crippen LogP contribution in [0.15, 0.2) is 47.5 Å². The lowest BCUT2D eigenvalue weighted by Gasteiger charge is -2.14. The van der Waals surface area contributed by atoms with Gasteiger partial charge in [-0.3, -0.25) is 14.2 Å². The number of carbonyl (C=O) groups is 1. The normalized spacial score (nSPS) is 15.0. The maximum absolute atomic E-state index is 12.5. The predicted molar refractivity (Wildman–Crippen MR) is 109 cm³/mol. The lowest BCUT2D eigenvalue weighted by atomic mass is 10.1. The smallest absolute Gasteiger partial charge is 0.261 e. The first-order valence-electron chi connectivity index (χ1n) is 9.71. The van der Waals surface area contributed by atoms with E-state index < -0.39 is 0 Å². The molecule has 0 saturated heterocycles. The number of hydrogen-bond donors (Lipinski definition) is 1. The van der Waals surface area contributed by atoms with Crippen LogP contribution in [0.25, 0.3) is 10.9 Å². The summed E-state index contributed by atoms with van der Waals surface area (Å²) in [4.78, 5) is 29.2. The average Bonchev–Trinajstić information content (AvgIpc) is 3.07. The molecular formula is C22H23N3O4. The molecule has 1 aromatic heterocycles. The highest BCUT2D eigenvalue weighted by Crippen LogP contribution is 2.35. The van der Waals surface area contributed by atoms with E-state index in [4.69, 9.17) is 9.47 Å². The largest absolute Gasteiger partial charge is 0.494 e. The third-order valence-corrected chi connectivity index (χ3v) is 4.90. The van der Waals surface area contributed by atoms with Gasteiger partial charge in [0.25, 0.3) is 5.56 Å². The summed E-state index contributed by atoms with van der Waals surface area (Å²) in [7, 11) is 0. The van der Waals surface area contributed by atoms with Crippen LogP contribution in [-0.4, -0.2) is 28.2 Å². The summed E-state index contributed by atoms with van der Waals surface area (Å²) in [5, 5.41) is 3.35. The molecule has 0 spiro atoms. The fourth-order valence-corrected chi connectivity index (χ4v) is 3.53. The predicted octanol–water partition coefficient (Wildman–Crippen LogP) is 2.44. The van der Waals surface area contributed by atoms with Crippen LogP contribution in [0.1, 0.15) is 25.0 Å². The van der Waals surface area contributed by atoms with Gasteiger partial charge in [-0.25, -0.2) is 4.98 Å². The van der Waals surface area contributed by atoms with Crippen molar-refractivity contribution < 1.29 is 14.3 Å². The number of carbonyl (C=O) groups excluding carboxylic acids is 1. The van der Waals surface area contributed by atoms with Crippen LogP contribution >= 0.6 is 0 Å². The number of hydrogen-bond acceptors (Lipinski definition) is 5. The molecule has 2 heterocycles. The van der Waals surface area contributed by atoms with E-state index in [-0.39, 0.29) is 30.7 Å². The van der Waals surface area contributed by atoms with Gasteiger partial charge in [0, 0.05) is 24.1 Å². The molecule has 1 amide bonds. The second-order valence-corrected chi connectivity index (χ2v) is 7.10. The number of fused-ring (bicyclic) bond motifs is 2. The van der Waals surface area contributed by atoms with Gasteiger partial charge < -0.3 is 14.8 Å². The molecule has 4 rings (SSSR count). The Kier molecular flexibility index (Phi) is 5.20. The minimum atomic E-state index is -0.276. The summed E-state index contributed by atoms with van der Waals surface area (Å²) >= 11 is 0. The number of nitrogens with one attached hydrogen (secondary N) is 1. The van der Waals surface area contributed by atoms with Crippen molar-refractivity contribution in [3.05, 3.63) is 64.2 Å². The zero-order chi connectivity index (χ0) is 20.4. The Morgan fingerprint density at radius 3 is 3.00 bits per heavy atom. The summed E-state index contributed by atoms with van der Waals surface area (Å²) in [5.41, 5.74) is 2.34. The van der Waals surface area contributed by atoms with Crippen LogP contribution < -0.4 is 20.3 Å². The number of nitrogens with zero attached hydrogens (tertiary/aromatic N) is 2. The zero-order valence-corrected chi connectivity index (χ0v) is 16.5. The highest BCUT2D eigenvalue weighted by Gasteiger charge is 2.22. The van der Waals surface area contributed by atoms with Crippen LogP contribution in [0.4, 0.5) is 0 Å². The number of para-hydroxylation sites is 1. The van der Waals surface area contributed by atoms with Gasteiger partial charge in [0.15, 0.2) is 0 Å². The molecule has 0 aliphatic carbocycles. The van der Waals surface area contributed by atoms with Crippen molar-refractivity contribution in [3.63, 3.8) is 0 Å². The molecule has 0 saturated carbocycles. The molecule has 0 unspecified atom stereocenters. The van der Waals surface area contributed by atoms with Gasteiger partial charge in [0.1, 0.15) is 24.1 Å². The first-order valence-corrected chi connectivity index (χ1v) is 9.71. The molecule has 1 aliphatic rings. The minimum Gasteiger partial charge on any atom is -0.494 e. The molecule has 150 valence electrons. The van der Waals surface area contributed by atoms with E-state index >= 15 is 0 Å². The molecule has 0 radical (unpaired) electrons. The Morgan fingerprint density at radius 2 is 2.17 bits per heavy atom. The van der Waals surface area contributed by atoms with Crippen LogP contribution in [-0.2, 0) is 24.3 Å². The number of ether oxygens (including phenoxy) is 2. The average molecular weight is 393 g/mol. The first-order chi connectivity index (χ1) is 14.0. The van der Waals surface area contributed by atoms with Crippen LogP contribution in [0.3, 0.4) is 0 Å². The van der Waals surface area contributed by atoms with E-state index in [2.05, 4.69) is 10.3 Å². The van der Waals surface area contributed by atoms with E-state index in [0.29, 0.717) is 17.5 Å². The third kappa shape index (κ3) is 3.94. The number of benzene rings is 2. The second-order valence-electron chi connectivity index (χ2n) is 7.10. The molecule has 2 aromatic carbocycles. The SMILES string of the molecule is CCOc1cc2c(cc1CNC(=O)Cn1cnc3ccccc3c1=O)O[C@@H](C)C2. The van der Waals surface area contributed by atoms with Gasteiger partial charge in [-0.15, -0.1) is 0 Å². The third-order valence-electron chi connectivity index (χ3n) is 4.90. The summed E-state index contributed by atoms with van der Waals surface area (Å²) in [6.45, 7) is 4.67. The van der Waals surface area contributed by atoms with E-state index in [1.807, 2.05) is 32.0 Å². The van der Waals surface area contributed by atoms with E-state index in [9.17, 15) is 9.59 Å². The maximum Gasteiger partial charge on any atom is 0.261 e. The first kappa shape index (κ1) is 19.0. The fraction of sp³-hybridized carbons (Fsp3) is 0.318. The van der Waals surface area contributed by atoms with Crippen LogP contribution in [0, 0.1) is 0 Å². The van der Waals surface area contributed by atoms with Gasteiger partial charge in [-0.1, -0.05) is 12.1 Å². The van der Waals surface area contributed by atoms with Crippen molar-refractivity contribution in [3.8, 4) is 11.5 Å². The highest BCUT2D eigenvalue weighted by molar-refractivity contribution is 5.78. The van der Waals surface area contributed by atoms with Crippen molar-refractivity contribution >= 4 is 16.8 Å². The molecule has 0 bridgehead atoms. The van der Waals surface area contributed by atoms with E-state index in [0.717, 1.165) is 29.0 Å². The van der Waals surface area contributed by atoms with Crippen molar-refractivity contribution in [2.75, 3.05) is 6.61 Å². The standard InChI is InChI=1S/C22H23N3O4/c1-3-28-19-9-15-8-14(2)29-20(15)10-16(19)11-23-21(26)12-25-13-24-18-7-5-4-6-17(18)22(25)27/h4-7,9-10,13-14H,3,8,11-12H2,1-2H3,(H,23,26)/t14-/m0/s1. The molecule has 29 heavy (non-hydrogen) atoms. The fourth-order valence-electron chi connectivity index (χ4n) is 3.53. The van der Waals surface area contributed by atoms with Gasteiger partial charge in [-0.2, -0.15) is 0 Å². The van der Waals surface area contributed by atoms with Gasteiger partial charge in [0.05, 0.1) is 23.8 Å². The summed E-state index contributed by atoms with van der Waals surface area (Å²) in [6, 6.07) is 11.0. The molecule has 1 atom stereocenters. The van der Waals surface area contributed by atoms with Crippen molar-refractivity contribution in [2.24, 2.45) is 0 Å². The van der Waals surface area contributed by atoms with Crippen LogP contribution in [0.2, 0.25) is 0 Å². The van der Waals surface area contributed by atoms with Gasteiger partial charge in [0.2, 0.25) is 5.91 Å². The number of amides is 1. The Bertz CT molecular complexity index is 1120. The molecule has 0 fully saturated rings. The lowest BCUT2D eigenvalue weighted by molar-refractivity contribution is -0.121. The van der Waals surface area contributed by atoms with E-state index in [1.54, 1.807) is 18.2 Å².